The lowest BCUT2D eigenvalue weighted by molar-refractivity contribution is -0.136. The molecule has 1 atom stereocenters. The molecule has 1 aromatic carbocycles. The zero-order valence-electron chi connectivity index (χ0n) is 19.5. The number of halogens is 1. The van der Waals surface area contributed by atoms with Gasteiger partial charge in [-0.2, -0.15) is 5.10 Å². The molecule has 2 N–H and O–H groups in total. The van der Waals surface area contributed by atoms with Crippen LogP contribution in [0.1, 0.15) is 77.7 Å². The quantitative estimate of drug-likeness (QED) is 0.593. The molecule has 2 aliphatic heterocycles. The van der Waals surface area contributed by atoms with E-state index < -0.39 is 29.8 Å². The molecule has 0 spiro atoms. The topological polar surface area (TPSA) is 123 Å². The summed E-state index contributed by atoms with van der Waals surface area (Å²) in [6.07, 6.45) is 5.05. The van der Waals surface area contributed by atoms with E-state index in [2.05, 4.69) is 21.8 Å². The molecule has 4 amide bonds. The number of alkyl carbamates (subject to hydrolysis) is 1. The van der Waals surface area contributed by atoms with Gasteiger partial charge < -0.3 is 15.0 Å². The van der Waals surface area contributed by atoms with Crippen molar-refractivity contribution >= 4 is 23.8 Å². The number of ether oxygens (including phenoxy) is 1. The molecular formula is C25H26FN5O5. The number of aromatic nitrogens is 2. The average molecular weight is 496 g/mol. The van der Waals surface area contributed by atoms with Gasteiger partial charge in [-0.25, -0.2) is 9.18 Å². The molecule has 2 saturated carbocycles. The number of carbonyl (C=O) groups is 4. The minimum atomic E-state index is -0.813. The van der Waals surface area contributed by atoms with Crippen molar-refractivity contribution in [2.45, 2.75) is 75.7 Å². The van der Waals surface area contributed by atoms with Crippen molar-refractivity contribution in [2.24, 2.45) is 0 Å². The fourth-order valence-corrected chi connectivity index (χ4v) is 5.32. The Labute approximate surface area is 206 Å². The maximum Gasteiger partial charge on any atom is 0.407 e. The fraction of sp³-hybridized carbons (Fsp3) is 0.480. The minimum absolute atomic E-state index is 0.0919. The summed E-state index contributed by atoms with van der Waals surface area (Å²) in [6, 6.07) is 4.61. The summed E-state index contributed by atoms with van der Waals surface area (Å²) in [4.78, 5) is 50.1. The van der Waals surface area contributed by atoms with E-state index in [1.165, 1.54) is 29.5 Å². The van der Waals surface area contributed by atoms with Crippen LogP contribution in [0.3, 0.4) is 0 Å². The number of hydrogen-bond donors (Lipinski definition) is 2. The predicted molar refractivity (Wildman–Crippen MR) is 122 cm³/mol. The van der Waals surface area contributed by atoms with Crippen LogP contribution in [0.4, 0.5) is 9.18 Å². The second-order valence-corrected chi connectivity index (χ2v) is 9.95. The summed E-state index contributed by atoms with van der Waals surface area (Å²) < 4.78 is 22.7. The highest BCUT2D eigenvalue weighted by Crippen LogP contribution is 2.43. The van der Waals surface area contributed by atoms with E-state index in [4.69, 9.17) is 4.74 Å². The van der Waals surface area contributed by atoms with Gasteiger partial charge in [-0.05, 0) is 30.9 Å². The Balaban J connectivity index is 1.03. The van der Waals surface area contributed by atoms with Gasteiger partial charge in [-0.3, -0.25) is 24.4 Å². The normalized spacial score (nSPS) is 25.3. The molecule has 0 radical (unpaired) electrons. The third-order valence-corrected chi connectivity index (χ3v) is 7.52. The molecule has 1 saturated heterocycles. The Morgan fingerprint density at radius 1 is 1.17 bits per heavy atom. The largest absolute Gasteiger partial charge is 0.446 e. The third kappa shape index (κ3) is 4.02. The van der Waals surface area contributed by atoms with Crippen molar-refractivity contribution < 1.29 is 28.3 Å². The highest BCUT2D eigenvalue weighted by molar-refractivity contribution is 6.05. The molecule has 1 aromatic heterocycles. The smallest absolute Gasteiger partial charge is 0.407 e. The van der Waals surface area contributed by atoms with Gasteiger partial charge in [0.15, 0.2) is 0 Å². The molecule has 1 unspecified atom stereocenters. The van der Waals surface area contributed by atoms with E-state index in [0.717, 1.165) is 0 Å². The number of imide groups is 1. The standard InChI is InChI=1S/C25H26FN5O5/c26-22-14(3-4-15-12-30(24(34)21(15)22)19-5-6-20(32)29-23(19)33)11-27-25(35)36-17-9-16(10-17)31-18(7-8-28-31)13-1-2-13/h3-4,7-8,13,16-17,19H,1-2,5-6,9-12H2,(H,27,35)(H,29,32,33). The highest BCUT2D eigenvalue weighted by Gasteiger charge is 2.41. The summed E-state index contributed by atoms with van der Waals surface area (Å²) in [7, 11) is 0. The molecule has 6 rings (SSSR count). The number of nitrogens with one attached hydrogen (secondary N) is 2. The summed E-state index contributed by atoms with van der Waals surface area (Å²) in [5.74, 6) is -1.64. The number of piperidine rings is 1. The predicted octanol–water partition coefficient (Wildman–Crippen LogP) is 2.29. The van der Waals surface area contributed by atoms with Gasteiger partial charge in [0.05, 0.1) is 11.6 Å². The Bertz CT molecular complexity index is 1270. The number of benzene rings is 1. The number of nitrogens with zero attached hydrogens (tertiary/aromatic N) is 3. The lowest BCUT2D eigenvalue weighted by atomic mass is 9.89. The van der Waals surface area contributed by atoms with Gasteiger partial charge >= 0.3 is 6.09 Å². The van der Waals surface area contributed by atoms with E-state index in [0.29, 0.717) is 24.3 Å². The molecule has 11 heteroatoms. The summed E-state index contributed by atoms with van der Waals surface area (Å²) in [5, 5.41) is 9.22. The van der Waals surface area contributed by atoms with Crippen LogP contribution in [0.25, 0.3) is 0 Å². The van der Waals surface area contributed by atoms with Crippen molar-refractivity contribution in [2.75, 3.05) is 0 Å². The highest BCUT2D eigenvalue weighted by atomic mass is 19.1. The molecule has 2 aliphatic carbocycles. The monoisotopic (exact) mass is 495 g/mol. The van der Waals surface area contributed by atoms with Crippen LogP contribution < -0.4 is 10.6 Å². The first-order chi connectivity index (χ1) is 17.4. The van der Waals surface area contributed by atoms with Gasteiger partial charge in [0.25, 0.3) is 5.91 Å². The van der Waals surface area contributed by atoms with Crippen LogP contribution in [0.5, 0.6) is 0 Å². The second kappa shape index (κ2) is 8.72. The zero-order chi connectivity index (χ0) is 25.0. The lowest BCUT2D eigenvalue weighted by Crippen LogP contribution is -2.52. The molecule has 36 heavy (non-hydrogen) atoms. The van der Waals surface area contributed by atoms with E-state index in [1.807, 2.05) is 10.9 Å². The number of rotatable bonds is 6. The molecule has 10 nitrogen and oxygen atoms in total. The Morgan fingerprint density at radius 3 is 2.72 bits per heavy atom. The Hall–Kier alpha value is -3.76. The van der Waals surface area contributed by atoms with Crippen LogP contribution in [-0.2, 0) is 27.4 Å². The van der Waals surface area contributed by atoms with E-state index in [9.17, 15) is 19.2 Å². The van der Waals surface area contributed by atoms with Crippen LogP contribution in [0.15, 0.2) is 24.4 Å². The first-order valence-electron chi connectivity index (χ1n) is 12.3. The molecular weight excluding hydrogens is 469 g/mol. The van der Waals surface area contributed by atoms with Crippen molar-refractivity contribution in [1.82, 2.24) is 25.3 Å². The first-order valence-corrected chi connectivity index (χ1v) is 12.3. The summed E-state index contributed by atoms with van der Waals surface area (Å²) >= 11 is 0. The van der Waals surface area contributed by atoms with Crippen LogP contribution in [-0.4, -0.2) is 50.6 Å². The van der Waals surface area contributed by atoms with Crippen LogP contribution >= 0.6 is 0 Å². The Morgan fingerprint density at radius 2 is 1.97 bits per heavy atom. The van der Waals surface area contributed by atoms with Gasteiger partial charge in [-0.1, -0.05) is 12.1 Å². The number of carbonyl (C=O) groups excluding carboxylic acids is 4. The lowest BCUT2D eigenvalue weighted by Gasteiger charge is -2.35. The molecule has 0 bridgehead atoms. The van der Waals surface area contributed by atoms with Gasteiger partial charge in [0.2, 0.25) is 11.8 Å². The van der Waals surface area contributed by atoms with E-state index >= 15 is 4.39 Å². The van der Waals surface area contributed by atoms with Gasteiger partial charge in [-0.15, -0.1) is 0 Å². The van der Waals surface area contributed by atoms with Crippen LogP contribution in [0, 0.1) is 5.82 Å². The maximum absolute atomic E-state index is 15.2. The summed E-state index contributed by atoms with van der Waals surface area (Å²) in [5.41, 5.74) is 1.78. The Kier molecular flexibility index (Phi) is 5.50. The molecule has 3 heterocycles. The number of amides is 4. The van der Waals surface area contributed by atoms with Crippen molar-refractivity contribution in [1.29, 1.82) is 0 Å². The van der Waals surface area contributed by atoms with Crippen molar-refractivity contribution in [3.8, 4) is 0 Å². The second-order valence-electron chi connectivity index (χ2n) is 9.95. The van der Waals surface area contributed by atoms with Gasteiger partial charge in [0.1, 0.15) is 18.0 Å². The molecule has 188 valence electrons. The number of fused-ring (bicyclic) bond motifs is 1. The van der Waals surface area contributed by atoms with Gasteiger partial charge in [0, 0.05) is 55.7 Å². The zero-order valence-corrected chi connectivity index (χ0v) is 19.5. The molecule has 4 aliphatic rings. The maximum atomic E-state index is 15.2. The van der Waals surface area contributed by atoms with Crippen molar-refractivity contribution in [3.63, 3.8) is 0 Å². The SMILES string of the molecule is O=C1CCC(N2Cc3ccc(CNC(=O)OC4CC(n5nccc5C5CC5)C4)c(F)c3C2=O)C(=O)N1. The number of hydrogen-bond acceptors (Lipinski definition) is 6. The van der Waals surface area contributed by atoms with Crippen molar-refractivity contribution in [3.05, 3.63) is 52.6 Å². The van der Waals surface area contributed by atoms with Crippen LogP contribution in [0.2, 0.25) is 0 Å². The molecule has 2 aromatic rings. The van der Waals surface area contributed by atoms with E-state index in [-0.39, 0.29) is 55.1 Å². The minimum Gasteiger partial charge on any atom is -0.446 e. The summed E-state index contributed by atoms with van der Waals surface area (Å²) in [6.45, 7) is -0.0422. The fourth-order valence-electron chi connectivity index (χ4n) is 5.32. The molecule has 3 fully saturated rings. The first kappa shape index (κ1) is 22.7. The average Bonchev–Trinajstić information content (AvgIpc) is 3.46. The third-order valence-electron chi connectivity index (χ3n) is 7.52. The van der Waals surface area contributed by atoms with E-state index in [1.54, 1.807) is 6.07 Å².